The molecule has 16 heavy (non-hydrogen) atoms. The van der Waals surface area contributed by atoms with Crippen LogP contribution in [0.25, 0.3) is 0 Å². The molecule has 0 radical (unpaired) electrons. The lowest BCUT2D eigenvalue weighted by Gasteiger charge is -2.34. The highest BCUT2D eigenvalue weighted by molar-refractivity contribution is 7.54. The van der Waals surface area contributed by atoms with E-state index in [0.717, 1.165) is 19.4 Å². The van der Waals surface area contributed by atoms with E-state index in [0.29, 0.717) is 25.6 Å². The molecule has 2 unspecified atom stereocenters. The van der Waals surface area contributed by atoms with E-state index in [1.807, 2.05) is 6.92 Å². The molecule has 0 spiro atoms. The van der Waals surface area contributed by atoms with Crippen molar-refractivity contribution in [1.82, 2.24) is 9.76 Å². The SMILES string of the molecule is CCC(Cl)CN(CCCl)P1(=O)NCCCO1. The summed E-state index contributed by atoms with van der Waals surface area (Å²) in [5.41, 5.74) is 0. The first-order chi connectivity index (χ1) is 7.62. The van der Waals surface area contributed by atoms with Gasteiger partial charge in [-0.25, -0.2) is 9.76 Å². The van der Waals surface area contributed by atoms with Crippen LogP contribution in [-0.2, 0) is 9.09 Å². The van der Waals surface area contributed by atoms with Gasteiger partial charge in [0.1, 0.15) is 0 Å². The Morgan fingerprint density at radius 2 is 2.38 bits per heavy atom. The molecule has 2 atom stereocenters. The van der Waals surface area contributed by atoms with E-state index in [2.05, 4.69) is 5.09 Å². The van der Waals surface area contributed by atoms with Crippen LogP contribution in [0.3, 0.4) is 0 Å². The van der Waals surface area contributed by atoms with Gasteiger partial charge in [-0.05, 0) is 12.8 Å². The molecule has 0 saturated carbocycles. The van der Waals surface area contributed by atoms with Gasteiger partial charge in [-0.3, -0.25) is 4.57 Å². The maximum absolute atomic E-state index is 12.5. The molecule has 1 aliphatic heterocycles. The number of rotatable bonds is 6. The third-order valence-corrected chi connectivity index (χ3v) is 5.35. The zero-order valence-electron chi connectivity index (χ0n) is 9.49. The first-order valence-electron chi connectivity index (χ1n) is 5.57. The molecule has 0 aliphatic carbocycles. The standard InChI is InChI=1S/C9H19Cl2N2O2P/c1-2-9(11)8-13(6-4-10)16(14)12-5-3-7-15-16/h9H,2-8H2,1H3,(H,12,14). The second kappa shape index (κ2) is 7.20. The highest BCUT2D eigenvalue weighted by Crippen LogP contribution is 2.48. The van der Waals surface area contributed by atoms with Crippen LogP contribution in [0.1, 0.15) is 19.8 Å². The summed E-state index contributed by atoms with van der Waals surface area (Å²) in [6.45, 7) is 4.31. The molecule has 0 bridgehead atoms. The number of alkyl halides is 2. The van der Waals surface area contributed by atoms with Crippen LogP contribution in [-0.4, -0.2) is 42.2 Å². The zero-order valence-corrected chi connectivity index (χ0v) is 11.9. The molecule has 0 aromatic carbocycles. The maximum atomic E-state index is 12.5. The van der Waals surface area contributed by atoms with Gasteiger partial charge >= 0.3 is 7.67 Å². The summed E-state index contributed by atoms with van der Waals surface area (Å²) in [6, 6.07) is 0. The third-order valence-electron chi connectivity index (χ3n) is 2.47. The minimum atomic E-state index is -2.89. The first-order valence-corrected chi connectivity index (χ1v) is 8.12. The third kappa shape index (κ3) is 4.17. The number of halogens is 2. The average molecular weight is 289 g/mol. The average Bonchev–Trinajstić information content (AvgIpc) is 2.29. The lowest BCUT2D eigenvalue weighted by Crippen LogP contribution is -2.37. The van der Waals surface area contributed by atoms with Gasteiger partial charge in [0.25, 0.3) is 0 Å². The molecule has 1 rings (SSSR count). The highest BCUT2D eigenvalue weighted by atomic mass is 35.5. The van der Waals surface area contributed by atoms with Crippen molar-refractivity contribution >= 4 is 30.9 Å². The van der Waals surface area contributed by atoms with Crippen LogP contribution in [0.5, 0.6) is 0 Å². The van der Waals surface area contributed by atoms with E-state index in [1.165, 1.54) is 0 Å². The van der Waals surface area contributed by atoms with Crippen molar-refractivity contribution in [3.8, 4) is 0 Å². The second-order valence-corrected chi connectivity index (χ2v) is 6.90. The Balaban J connectivity index is 2.63. The molecular formula is C9H19Cl2N2O2P. The fourth-order valence-electron chi connectivity index (χ4n) is 1.49. The van der Waals surface area contributed by atoms with E-state index < -0.39 is 7.67 Å². The Labute approximate surface area is 107 Å². The van der Waals surface area contributed by atoms with Crippen LogP contribution in [0.15, 0.2) is 0 Å². The molecule has 4 nitrogen and oxygen atoms in total. The number of hydrogen-bond donors (Lipinski definition) is 1. The largest absolute Gasteiger partial charge is 0.343 e. The zero-order chi connectivity index (χ0) is 12.0. The minimum absolute atomic E-state index is 0.0265. The Bertz CT molecular complexity index is 246. The quantitative estimate of drug-likeness (QED) is 0.603. The summed E-state index contributed by atoms with van der Waals surface area (Å²) in [5.74, 6) is 0.419. The van der Waals surface area contributed by atoms with E-state index >= 15 is 0 Å². The Hall–Kier alpha value is 0.690. The molecule has 0 aromatic rings. The lowest BCUT2D eigenvalue weighted by atomic mass is 10.3. The molecule has 1 aliphatic rings. The Morgan fingerprint density at radius 3 is 2.88 bits per heavy atom. The predicted octanol–water partition coefficient (Wildman–Crippen LogP) is 2.66. The van der Waals surface area contributed by atoms with Crippen LogP contribution < -0.4 is 5.09 Å². The molecule has 0 amide bonds. The fraction of sp³-hybridized carbons (Fsp3) is 1.00. The smallest absolute Gasteiger partial charge is 0.306 e. The van der Waals surface area contributed by atoms with Gasteiger partial charge in [0.2, 0.25) is 0 Å². The van der Waals surface area contributed by atoms with Crippen LogP contribution in [0, 0.1) is 0 Å². The van der Waals surface area contributed by atoms with Gasteiger partial charge < -0.3 is 4.52 Å². The molecular weight excluding hydrogens is 270 g/mol. The van der Waals surface area contributed by atoms with E-state index in [4.69, 9.17) is 27.7 Å². The normalized spacial score (nSPS) is 28.2. The molecule has 7 heteroatoms. The van der Waals surface area contributed by atoms with Crippen LogP contribution >= 0.6 is 30.9 Å². The van der Waals surface area contributed by atoms with E-state index in [-0.39, 0.29) is 5.38 Å². The molecule has 1 N–H and O–H groups in total. The van der Waals surface area contributed by atoms with Crippen molar-refractivity contribution in [3.63, 3.8) is 0 Å². The molecule has 1 heterocycles. The summed E-state index contributed by atoms with van der Waals surface area (Å²) in [4.78, 5) is 0. The van der Waals surface area contributed by atoms with E-state index in [1.54, 1.807) is 4.67 Å². The van der Waals surface area contributed by atoms with Crippen molar-refractivity contribution in [1.29, 1.82) is 0 Å². The summed E-state index contributed by atoms with van der Waals surface area (Å²) in [5, 5.41) is 2.93. The number of nitrogens with zero attached hydrogens (tertiary/aromatic N) is 1. The highest BCUT2D eigenvalue weighted by Gasteiger charge is 2.34. The molecule has 1 fully saturated rings. The lowest BCUT2D eigenvalue weighted by molar-refractivity contribution is 0.229. The monoisotopic (exact) mass is 288 g/mol. The second-order valence-electron chi connectivity index (χ2n) is 3.72. The van der Waals surface area contributed by atoms with Crippen molar-refractivity contribution in [2.45, 2.75) is 25.1 Å². The van der Waals surface area contributed by atoms with Crippen molar-refractivity contribution < 1.29 is 9.09 Å². The van der Waals surface area contributed by atoms with Gasteiger partial charge in [0.05, 0.1) is 6.61 Å². The van der Waals surface area contributed by atoms with Crippen LogP contribution in [0.4, 0.5) is 0 Å². The summed E-state index contributed by atoms with van der Waals surface area (Å²) in [7, 11) is -2.89. The van der Waals surface area contributed by atoms with Gasteiger partial charge in [-0.15, -0.1) is 23.2 Å². The van der Waals surface area contributed by atoms with Gasteiger partial charge in [0.15, 0.2) is 0 Å². The molecule has 1 saturated heterocycles. The molecule has 96 valence electrons. The maximum Gasteiger partial charge on any atom is 0.343 e. The van der Waals surface area contributed by atoms with Gasteiger partial charge in [-0.2, -0.15) is 0 Å². The number of nitrogens with one attached hydrogen (secondary N) is 1. The Morgan fingerprint density at radius 1 is 1.62 bits per heavy atom. The van der Waals surface area contributed by atoms with Gasteiger partial charge in [-0.1, -0.05) is 6.92 Å². The van der Waals surface area contributed by atoms with Crippen molar-refractivity contribution in [2.24, 2.45) is 0 Å². The summed E-state index contributed by atoms with van der Waals surface area (Å²) < 4.78 is 19.6. The first kappa shape index (κ1) is 14.7. The topological polar surface area (TPSA) is 41.6 Å². The van der Waals surface area contributed by atoms with Crippen molar-refractivity contribution in [2.75, 3.05) is 32.1 Å². The number of hydrogen-bond acceptors (Lipinski definition) is 2. The Kier molecular flexibility index (Phi) is 6.63. The minimum Gasteiger partial charge on any atom is -0.306 e. The summed E-state index contributed by atoms with van der Waals surface area (Å²) >= 11 is 11.8. The fourth-order valence-corrected chi connectivity index (χ4v) is 4.13. The molecule has 0 aromatic heterocycles. The van der Waals surface area contributed by atoms with Gasteiger partial charge in [0, 0.05) is 30.9 Å². The van der Waals surface area contributed by atoms with Crippen molar-refractivity contribution in [3.05, 3.63) is 0 Å². The van der Waals surface area contributed by atoms with Crippen LogP contribution in [0.2, 0.25) is 0 Å². The summed E-state index contributed by atoms with van der Waals surface area (Å²) in [6.07, 6.45) is 1.72. The predicted molar refractivity (Wildman–Crippen MR) is 68.4 cm³/mol. The van der Waals surface area contributed by atoms with E-state index in [9.17, 15) is 4.57 Å².